The van der Waals surface area contributed by atoms with Gasteiger partial charge in [0.25, 0.3) is 0 Å². The minimum Gasteiger partial charge on any atom is -0.464 e. The van der Waals surface area contributed by atoms with Crippen molar-refractivity contribution in [1.29, 1.82) is 0 Å². The van der Waals surface area contributed by atoms with E-state index < -0.39 is 23.7 Å². The van der Waals surface area contributed by atoms with Crippen LogP contribution in [0.1, 0.15) is 39.2 Å². The molecular formula is C19H29NO5S. The second-order valence-corrected chi connectivity index (χ2v) is 7.83. The lowest BCUT2D eigenvalue weighted by molar-refractivity contribution is -0.145. The van der Waals surface area contributed by atoms with Gasteiger partial charge in [-0.25, -0.2) is 9.59 Å². The third-order valence-corrected chi connectivity index (χ3v) is 4.27. The molecule has 1 atom stereocenters. The average molecular weight is 384 g/mol. The number of hydrogen-bond acceptors (Lipinski definition) is 6. The first-order valence-corrected chi connectivity index (χ1v) is 9.86. The summed E-state index contributed by atoms with van der Waals surface area (Å²) in [5.74, 6) is 0.618. The molecule has 0 bridgehead atoms. The van der Waals surface area contributed by atoms with E-state index in [1.54, 1.807) is 20.8 Å². The maximum absolute atomic E-state index is 12.3. The number of amides is 1. The Kier molecular flexibility index (Phi) is 10.1. The molecule has 0 radical (unpaired) electrons. The van der Waals surface area contributed by atoms with Crippen LogP contribution < -0.4 is 5.32 Å². The number of unbranched alkanes of at least 4 members (excludes halogenated alkanes) is 1. The third kappa shape index (κ3) is 10.3. The molecule has 2 N–H and O–H groups in total. The summed E-state index contributed by atoms with van der Waals surface area (Å²) in [6.45, 7) is 5.57. The Morgan fingerprint density at radius 1 is 1.19 bits per heavy atom. The van der Waals surface area contributed by atoms with Gasteiger partial charge in [0.2, 0.25) is 0 Å². The zero-order valence-electron chi connectivity index (χ0n) is 15.7. The molecule has 1 aromatic carbocycles. The number of carbonyl (C=O) groups is 2. The normalized spacial score (nSPS) is 12.3. The van der Waals surface area contributed by atoms with E-state index >= 15 is 0 Å². The smallest absolute Gasteiger partial charge is 0.408 e. The highest BCUT2D eigenvalue weighted by atomic mass is 32.2. The summed E-state index contributed by atoms with van der Waals surface area (Å²) in [5, 5.41) is 11.4. The largest absolute Gasteiger partial charge is 0.464 e. The molecule has 6 nitrogen and oxygen atoms in total. The Bertz CT molecular complexity index is 545. The fraction of sp³-hybridized carbons (Fsp3) is 0.579. The lowest BCUT2D eigenvalue weighted by Crippen LogP contribution is -2.45. The number of carbonyl (C=O) groups excluding carboxylic acids is 2. The first kappa shape index (κ1) is 22.3. The number of ether oxygens (including phenoxy) is 2. The fourth-order valence-electron chi connectivity index (χ4n) is 1.97. The summed E-state index contributed by atoms with van der Waals surface area (Å²) >= 11 is 1.54. The van der Waals surface area contributed by atoms with Crippen LogP contribution in [0.3, 0.4) is 0 Å². The molecule has 0 heterocycles. The van der Waals surface area contributed by atoms with Crippen molar-refractivity contribution in [3.8, 4) is 0 Å². The Balaban J connectivity index is 2.55. The first-order valence-electron chi connectivity index (χ1n) is 8.70. The highest BCUT2D eigenvalue weighted by molar-refractivity contribution is 7.98. The zero-order valence-corrected chi connectivity index (χ0v) is 16.5. The number of thioether (sulfide) groups is 1. The molecule has 0 saturated carbocycles. The number of aliphatic hydroxyl groups excluding tert-OH is 1. The maximum Gasteiger partial charge on any atom is 0.408 e. The van der Waals surface area contributed by atoms with Crippen LogP contribution in [-0.4, -0.2) is 47.8 Å². The van der Waals surface area contributed by atoms with E-state index in [4.69, 9.17) is 14.6 Å². The predicted octanol–water partition coefficient (Wildman–Crippen LogP) is 3.13. The number of esters is 1. The molecule has 0 unspecified atom stereocenters. The summed E-state index contributed by atoms with van der Waals surface area (Å²) in [7, 11) is 0. The van der Waals surface area contributed by atoms with Crippen LogP contribution in [0.25, 0.3) is 0 Å². The fourth-order valence-corrected chi connectivity index (χ4v) is 2.98. The Morgan fingerprint density at radius 2 is 1.88 bits per heavy atom. The zero-order chi connectivity index (χ0) is 19.4. The Labute approximate surface area is 159 Å². The molecule has 0 aliphatic rings. The van der Waals surface area contributed by atoms with E-state index in [0.717, 1.165) is 11.3 Å². The molecule has 146 valence electrons. The van der Waals surface area contributed by atoms with Crippen molar-refractivity contribution in [3.63, 3.8) is 0 Å². The van der Waals surface area contributed by atoms with Gasteiger partial charge in [0.15, 0.2) is 0 Å². The van der Waals surface area contributed by atoms with Gasteiger partial charge in [-0.1, -0.05) is 30.3 Å². The van der Waals surface area contributed by atoms with Gasteiger partial charge < -0.3 is 19.9 Å². The van der Waals surface area contributed by atoms with Crippen LogP contribution >= 0.6 is 11.8 Å². The van der Waals surface area contributed by atoms with Crippen LogP contribution in [0.15, 0.2) is 30.3 Å². The molecule has 7 heteroatoms. The number of aliphatic hydroxyl groups is 1. The second kappa shape index (κ2) is 11.8. The molecule has 1 amide bonds. The van der Waals surface area contributed by atoms with Crippen LogP contribution in [-0.2, 0) is 20.0 Å². The van der Waals surface area contributed by atoms with Crippen LogP contribution in [0.2, 0.25) is 0 Å². The van der Waals surface area contributed by atoms with Gasteiger partial charge in [-0.15, -0.1) is 0 Å². The Morgan fingerprint density at radius 3 is 2.50 bits per heavy atom. The quantitative estimate of drug-likeness (QED) is 0.477. The van der Waals surface area contributed by atoms with Gasteiger partial charge in [-0.05, 0) is 39.2 Å². The lowest BCUT2D eigenvalue weighted by atomic mass is 10.2. The van der Waals surface area contributed by atoms with E-state index in [-0.39, 0.29) is 13.2 Å². The molecule has 26 heavy (non-hydrogen) atoms. The molecule has 1 rings (SSSR count). The third-order valence-electron chi connectivity index (χ3n) is 3.17. The molecule has 0 aliphatic carbocycles. The van der Waals surface area contributed by atoms with E-state index in [1.807, 2.05) is 30.3 Å². The average Bonchev–Trinajstić information content (AvgIpc) is 2.57. The van der Waals surface area contributed by atoms with Gasteiger partial charge in [0.1, 0.15) is 11.6 Å². The summed E-state index contributed by atoms with van der Waals surface area (Å²) in [6, 6.07) is 9.11. The highest BCUT2D eigenvalue weighted by Gasteiger charge is 2.25. The van der Waals surface area contributed by atoms with E-state index in [9.17, 15) is 9.59 Å². The summed E-state index contributed by atoms with van der Waals surface area (Å²) < 4.78 is 10.4. The van der Waals surface area contributed by atoms with Gasteiger partial charge in [-0.3, -0.25) is 0 Å². The number of nitrogens with one attached hydrogen (secondary N) is 1. The van der Waals surface area contributed by atoms with Crippen molar-refractivity contribution in [2.75, 3.05) is 19.0 Å². The minimum atomic E-state index is -0.785. The van der Waals surface area contributed by atoms with Gasteiger partial charge in [0, 0.05) is 18.1 Å². The molecular weight excluding hydrogens is 354 g/mol. The monoisotopic (exact) mass is 383 g/mol. The minimum absolute atomic E-state index is 0.0596. The summed E-state index contributed by atoms with van der Waals surface area (Å²) in [4.78, 5) is 24.3. The van der Waals surface area contributed by atoms with Crippen LogP contribution in [0, 0.1) is 0 Å². The second-order valence-electron chi connectivity index (χ2n) is 6.80. The molecule has 0 spiro atoms. The molecule has 0 aromatic heterocycles. The highest BCUT2D eigenvalue weighted by Crippen LogP contribution is 2.14. The molecule has 1 aromatic rings. The Hall–Kier alpha value is -1.73. The number of benzene rings is 1. The SMILES string of the molecule is CC(C)(C)OC(=O)N[C@@H](CSCc1ccccc1)C(=O)OCCCCO. The number of rotatable bonds is 10. The number of hydrogen-bond donors (Lipinski definition) is 2. The summed E-state index contributed by atoms with van der Waals surface area (Å²) in [5.41, 5.74) is 0.501. The lowest BCUT2D eigenvalue weighted by Gasteiger charge is -2.23. The maximum atomic E-state index is 12.3. The topological polar surface area (TPSA) is 84.9 Å². The van der Waals surface area contributed by atoms with Crippen molar-refractivity contribution >= 4 is 23.8 Å². The van der Waals surface area contributed by atoms with Crippen molar-refractivity contribution in [1.82, 2.24) is 5.32 Å². The van der Waals surface area contributed by atoms with Gasteiger partial charge in [-0.2, -0.15) is 11.8 Å². The van der Waals surface area contributed by atoms with Crippen LogP contribution in [0.4, 0.5) is 4.79 Å². The molecule has 0 aliphatic heterocycles. The van der Waals surface area contributed by atoms with Crippen molar-refractivity contribution in [2.24, 2.45) is 0 Å². The van der Waals surface area contributed by atoms with E-state index in [0.29, 0.717) is 18.6 Å². The molecule has 0 fully saturated rings. The molecule has 0 saturated heterocycles. The van der Waals surface area contributed by atoms with Crippen molar-refractivity contribution in [2.45, 2.75) is 51.0 Å². The van der Waals surface area contributed by atoms with Crippen molar-refractivity contribution < 1.29 is 24.2 Å². The predicted molar refractivity (Wildman–Crippen MR) is 103 cm³/mol. The number of alkyl carbamates (subject to hydrolysis) is 1. The van der Waals surface area contributed by atoms with Gasteiger partial charge in [0.05, 0.1) is 6.61 Å². The first-order chi connectivity index (χ1) is 12.3. The van der Waals surface area contributed by atoms with Gasteiger partial charge >= 0.3 is 12.1 Å². The van der Waals surface area contributed by atoms with Crippen LogP contribution in [0.5, 0.6) is 0 Å². The van der Waals surface area contributed by atoms with Crippen molar-refractivity contribution in [3.05, 3.63) is 35.9 Å². The van der Waals surface area contributed by atoms with E-state index in [1.165, 1.54) is 11.8 Å². The standard InChI is InChI=1S/C19H29NO5S/c1-19(2,3)25-18(23)20-16(17(22)24-12-8-7-11-21)14-26-13-15-9-5-4-6-10-15/h4-6,9-10,16,21H,7-8,11-14H2,1-3H3,(H,20,23)/t16-/m0/s1. The summed E-state index contributed by atoms with van der Waals surface area (Å²) in [6.07, 6.45) is 0.508. The van der Waals surface area contributed by atoms with E-state index in [2.05, 4.69) is 5.32 Å².